The zero-order valence-corrected chi connectivity index (χ0v) is 11.5. The van der Waals surface area contributed by atoms with E-state index < -0.39 is 17.6 Å². The summed E-state index contributed by atoms with van der Waals surface area (Å²) in [7, 11) is 2.67. The van der Waals surface area contributed by atoms with Crippen molar-refractivity contribution in [3.8, 4) is 0 Å². The van der Waals surface area contributed by atoms with Gasteiger partial charge in [-0.25, -0.2) is 18.3 Å². The summed E-state index contributed by atoms with van der Waals surface area (Å²) in [5.74, 6) is -2.03. The van der Waals surface area contributed by atoms with Crippen LogP contribution in [-0.4, -0.2) is 35.2 Å². The zero-order chi connectivity index (χ0) is 15.4. The second-order valence-corrected chi connectivity index (χ2v) is 4.24. The number of methoxy groups -OCH3 is 2. The Hall–Kier alpha value is -2.35. The van der Waals surface area contributed by atoms with E-state index in [2.05, 4.69) is 15.0 Å². The maximum absolute atomic E-state index is 13.2. The van der Waals surface area contributed by atoms with E-state index in [1.165, 1.54) is 31.0 Å². The minimum absolute atomic E-state index is 0.0104. The number of hydrogen-bond donors (Lipinski definition) is 0. The number of hydrogen-bond acceptors (Lipinski definition) is 5. The third kappa shape index (κ3) is 3.40. The summed E-state index contributed by atoms with van der Waals surface area (Å²) in [6.45, 7) is 0.118. The first-order valence-corrected chi connectivity index (χ1v) is 5.99. The lowest BCUT2D eigenvalue weighted by molar-refractivity contribution is 0.0588. The molecule has 1 heterocycles. The quantitative estimate of drug-likeness (QED) is 0.783. The van der Waals surface area contributed by atoms with E-state index in [0.717, 1.165) is 6.07 Å². The van der Waals surface area contributed by atoms with Crippen molar-refractivity contribution in [2.45, 2.75) is 13.2 Å². The number of carbonyl (C=O) groups is 1. The molecule has 0 atom stereocenters. The topological polar surface area (TPSA) is 66.2 Å². The number of carbonyl (C=O) groups excluding carboxylic acids is 1. The van der Waals surface area contributed by atoms with Gasteiger partial charge in [0, 0.05) is 13.2 Å². The van der Waals surface area contributed by atoms with Gasteiger partial charge in [-0.3, -0.25) is 0 Å². The summed E-state index contributed by atoms with van der Waals surface area (Å²) in [4.78, 5) is 11.6. The van der Waals surface area contributed by atoms with Crippen molar-refractivity contribution in [2.75, 3.05) is 14.2 Å². The van der Waals surface area contributed by atoms with Gasteiger partial charge in [-0.15, -0.1) is 5.10 Å². The highest BCUT2D eigenvalue weighted by Crippen LogP contribution is 2.13. The zero-order valence-electron chi connectivity index (χ0n) is 11.5. The normalized spacial score (nSPS) is 10.7. The molecule has 0 radical (unpaired) electrons. The number of halogens is 2. The third-order valence-electron chi connectivity index (χ3n) is 2.75. The average Bonchev–Trinajstić information content (AvgIpc) is 2.80. The Bertz CT molecular complexity index is 638. The van der Waals surface area contributed by atoms with E-state index in [-0.39, 0.29) is 18.8 Å². The predicted octanol–water partition coefficient (Wildman–Crippen LogP) is 1.54. The standard InChI is InChI=1S/C13H13F2N3O3/c1-20-7-11-12(13(19)21-2)16-17-18(11)6-8-3-9(14)5-10(15)4-8/h3-5H,6-7H2,1-2H3. The fourth-order valence-corrected chi connectivity index (χ4v) is 1.87. The summed E-state index contributed by atoms with van der Waals surface area (Å²) in [5.41, 5.74) is 0.733. The predicted molar refractivity (Wildman–Crippen MR) is 67.5 cm³/mol. The van der Waals surface area contributed by atoms with Crippen LogP contribution in [0.4, 0.5) is 8.78 Å². The first-order valence-electron chi connectivity index (χ1n) is 5.99. The minimum Gasteiger partial charge on any atom is -0.464 e. The number of benzene rings is 1. The van der Waals surface area contributed by atoms with E-state index in [9.17, 15) is 13.6 Å². The fourth-order valence-electron chi connectivity index (χ4n) is 1.87. The van der Waals surface area contributed by atoms with Crippen LogP contribution in [0.2, 0.25) is 0 Å². The Balaban J connectivity index is 2.35. The van der Waals surface area contributed by atoms with Crippen LogP contribution in [0, 0.1) is 11.6 Å². The van der Waals surface area contributed by atoms with Crippen LogP contribution in [0.15, 0.2) is 18.2 Å². The Labute approximate surface area is 119 Å². The van der Waals surface area contributed by atoms with Crippen molar-refractivity contribution in [1.29, 1.82) is 0 Å². The molecule has 6 nitrogen and oxygen atoms in total. The van der Waals surface area contributed by atoms with Gasteiger partial charge in [0.2, 0.25) is 0 Å². The molecule has 0 N–H and O–H groups in total. The van der Waals surface area contributed by atoms with Gasteiger partial charge in [0.1, 0.15) is 11.6 Å². The highest BCUT2D eigenvalue weighted by Gasteiger charge is 2.20. The second kappa shape index (κ2) is 6.40. The minimum atomic E-state index is -0.688. The molecule has 1 aromatic carbocycles. The molecule has 2 aromatic rings. The molecular formula is C13H13F2N3O3. The highest BCUT2D eigenvalue weighted by molar-refractivity contribution is 5.88. The van der Waals surface area contributed by atoms with Crippen molar-refractivity contribution in [2.24, 2.45) is 0 Å². The molecule has 21 heavy (non-hydrogen) atoms. The van der Waals surface area contributed by atoms with Crippen LogP contribution in [0.25, 0.3) is 0 Å². The molecule has 0 fully saturated rings. The van der Waals surface area contributed by atoms with Crippen LogP contribution < -0.4 is 0 Å². The number of ether oxygens (including phenoxy) is 2. The molecule has 0 aliphatic rings. The van der Waals surface area contributed by atoms with Gasteiger partial charge in [0.15, 0.2) is 5.69 Å². The van der Waals surface area contributed by atoms with Gasteiger partial charge in [-0.1, -0.05) is 5.21 Å². The average molecular weight is 297 g/mol. The monoisotopic (exact) mass is 297 g/mol. The first-order chi connectivity index (χ1) is 10.0. The summed E-state index contributed by atoms with van der Waals surface area (Å²) < 4.78 is 37.3. The Morgan fingerprint density at radius 3 is 2.48 bits per heavy atom. The Kier molecular flexibility index (Phi) is 4.59. The molecule has 8 heteroatoms. The molecule has 1 aromatic heterocycles. The SMILES string of the molecule is COCc1c(C(=O)OC)nnn1Cc1cc(F)cc(F)c1. The van der Waals surface area contributed by atoms with Gasteiger partial charge in [-0.05, 0) is 17.7 Å². The number of aromatic nitrogens is 3. The van der Waals surface area contributed by atoms with Crippen molar-refractivity contribution < 1.29 is 23.0 Å². The lowest BCUT2D eigenvalue weighted by Gasteiger charge is -2.07. The maximum Gasteiger partial charge on any atom is 0.360 e. The van der Waals surface area contributed by atoms with Gasteiger partial charge in [0.25, 0.3) is 0 Å². The highest BCUT2D eigenvalue weighted by atomic mass is 19.1. The lowest BCUT2D eigenvalue weighted by Crippen LogP contribution is -2.11. The van der Waals surface area contributed by atoms with Gasteiger partial charge < -0.3 is 9.47 Å². The van der Waals surface area contributed by atoms with Crippen LogP contribution >= 0.6 is 0 Å². The molecule has 0 unspecified atom stereocenters. The van der Waals surface area contributed by atoms with Crippen molar-refractivity contribution in [3.63, 3.8) is 0 Å². The van der Waals surface area contributed by atoms with Crippen molar-refractivity contribution in [1.82, 2.24) is 15.0 Å². The van der Waals surface area contributed by atoms with Crippen LogP contribution in [-0.2, 0) is 22.6 Å². The number of nitrogens with zero attached hydrogens (tertiary/aromatic N) is 3. The molecule has 2 rings (SSSR count). The van der Waals surface area contributed by atoms with Crippen molar-refractivity contribution >= 4 is 5.97 Å². The van der Waals surface area contributed by atoms with Crippen LogP contribution in [0.1, 0.15) is 21.7 Å². The molecule has 0 saturated carbocycles. The largest absolute Gasteiger partial charge is 0.464 e. The van der Waals surface area contributed by atoms with E-state index in [0.29, 0.717) is 11.3 Å². The molecule has 0 spiro atoms. The molecule has 0 saturated heterocycles. The molecule has 0 bridgehead atoms. The van der Waals surface area contributed by atoms with Crippen molar-refractivity contribution in [3.05, 3.63) is 46.8 Å². The molecule has 0 amide bonds. The van der Waals surface area contributed by atoms with E-state index >= 15 is 0 Å². The van der Waals surface area contributed by atoms with E-state index in [1.54, 1.807) is 0 Å². The van der Waals surface area contributed by atoms with E-state index in [1.807, 2.05) is 0 Å². The number of esters is 1. The van der Waals surface area contributed by atoms with Crippen LogP contribution in [0.3, 0.4) is 0 Å². The first kappa shape index (κ1) is 15.0. The van der Waals surface area contributed by atoms with E-state index in [4.69, 9.17) is 4.74 Å². The van der Waals surface area contributed by atoms with Gasteiger partial charge in [-0.2, -0.15) is 0 Å². The molecule has 0 aliphatic heterocycles. The smallest absolute Gasteiger partial charge is 0.360 e. The van der Waals surface area contributed by atoms with Crippen LogP contribution in [0.5, 0.6) is 0 Å². The van der Waals surface area contributed by atoms with Gasteiger partial charge in [0.05, 0.1) is 26.0 Å². The molecular weight excluding hydrogens is 284 g/mol. The summed E-state index contributed by atoms with van der Waals surface area (Å²) in [6, 6.07) is 3.14. The summed E-state index contributed by atoms with van der Waals surface area (Å²) in [6.07, 6.45) is 0. The Morgan fingerprint density at radius 2 is 1.90 bits per heavy atom. The molecule has 112 valence electrons. The summed E-state index contributed by atoms with van der Waals surface area (Å²) >= 11 is 0. The molecule has 0 aliphatic carbocycles. The van der Waals surface area contributed by atoms with Gasteiger partial charge >= 0.3 is 5.97 Å². The second-order valence-electron chi connectivity index (χ2n) is 4.24. The fraction of sp³-hybridized carbons (Fsp3) is 0.308. The Morgan fingerprint density at radius 1 is 1.24 bits per heavy atom. The third-order valence-corrected chi connectivity index (χ3v) is 2.75. The number of rotatable bonds is 5. The lowest BCUT2D eigenvalue weighted by atomic mass is 10.2. The maximum atomic E-state index is 13.2. The summed E-state index contributed by atoms with van der Waals surface area (Å²) in [5, 5.41) is 7.52.